The van der Waals surface area contributed by atoms with Gasteiger partial charge in [-0.15, -0.1) is 10.2 Å². The van der Waals surface area contributed by atoms with Gasteiger partial charge in [0.15, 0.2) is 5.58 Å². The maximum absolute atomic E-state index is 6.03. The molecule has 0 N–H and O–H groups in total. The lowest BCUT2D eigenvalue weighted by Gasteiger charge is -2.09. The molecule has 2 heterocycles. The number of ether oxygens (including phenoxy) is 1. The molecular weight excluding hydrogens is 396 g/mol. The number of benzene rings is 2. The summed E-state index contributed by atoms with van der Waals surface area (Å²) >= 11 is 3.60. The van der Waals surface area contributed by atoms with Crippen molar-refractivity contribution in [2.45, 2.75) is 19.8 Å². The quantitative estimate of drug-likeness (QED) is 0.473. The molecule has 0 radical (unpaired) electrons. The van der Waals surface area contributed by atoms with Crippen LogP contribution in [0.2, 0.25) is 0 Å². The minimum atomic E-state index is 0.414. The average molecular weight is 413 g/mol. The van der Waals surface area contributed by atoms with Crippen LogP contribution in [-0.4, -0.2) is 26.9 Å². The van der Waals surface area contributed by atoms with Gasteiger partial charge in [-0.3, -0.25) is 4.57 Å². The third kappa shape index (κ3) is 2.88. The third-order valence-electron chi connectivity index (χ3n) is 4.26. The SMILES string of the molecule is COc1ccc(-c2nc3cc(C(C)C)cc(Br)c3o2)cc1-n1cnnc1. The Kier molecular flexibility index (Phi) is 4.24. The van der Waals surface area contributed by atoms with Crippen LogP contribution in [0.25, 0.3) is 28.2 Å². The molecule has 0 fully saturated rings. The Bertz CT molecular complexity index is 1070. The van der Waals surface area contributed by atoms with Crippen LogP contribution < -0.4 is 4.74 Å². The van der Waals surface area contributed by atoms with E-state index in [-0.39, 0.29) is 0 Å². The number of aromatic nitrogens is 4. The van der Waals surface area contributed by atoms with Gasteiger partial charge in [0.25, 0.3) is 0 Å². The van der Waals surface area contributed by atoms with E-state index in [9.17, 15) is 0 Å². The van der Waals surface area contributed by atoms with Crippen molar-refractivity contribution in [3.63, 3.8) is 0 Å². The van der Waals surface area contributed by atoms with Gasteiger partial charge in [0.2, 0.25) is 5.89 Å². The summed E-state index contributed by atoms with van der Waals surface area (Å²) in [6.07, 6.45) is 3.25. The highest BCUT2D eigenvalue weighted by atomic mass is 79.9. The van der Waals surface area contributed by atoms with E-state index in [1.807, 2.05) is 18.2 Å². The maximum Gasteiger partial charge on any atom is 0.227 e. The van der Waals surface area contributed by atoms with Gasteiger partial charge in [-0.05, 0) is 57.7 Å². The van der Waals surface area contributed by atoms with Crippen LogP contribution in [0.5, 0.6) is 5.75 Å². The van der Waals surface area contributed by atoms with E-state index in [1.165, 1.54) is 5.56 Å². The molecule has 0 atom stereocenters. The molecule has 0 spiro atoms. The maximum atomic E-state index is 6.03. The Morgan fingerprint density at radius 1 is 1.12 bits per heavy atom. The molecule has 2 aromatic carbocycles. The molecule has 132 valence electrons. The first-order chi connectivity index (χ1) is 12.6. The average Bonchev–Trinajstić information content (AvgIpc) is 3.31. The van der Waals surface area contributed by atoms with Gasteiger partial charge in [-0.1, -0.05) is 13.8 Å². The van der Waals surface area contributed by atoms with Crippen molar-refractivity contribution in [3.8, 4) is 22.9 Å². The highest BCUT2D eigenvalue weighted by Crippen LogP contribution is 2.34. The predicted octanol–water partition coefficient (Wildman–Crippen LogP) is 4.97. The topological polar surface area (TPSA) is 66.0 Å². The van der Waals surface area contributed by atoms with Gasteiger partial charge in [-0.25, -0.2) is 4.98 Å². The first-order valence-electron chi connectivity index (χ1n) is 8.20. The molecule has 4 rings (SSSR count). The minimum Gasteiger partial charge on any atom is -0.495 e. The summed E-state index contributed by atoms with van der Waals surface area (Å²) in [7, 11) is 1.63. The zero-order valence-corrected chi connectivity index (χ0v) is 16.2. The number of hydrogen-bond donors (Lipinski definition) is 0. The van der Waals surface area contributed by atoms with E-state index < -0.39 is 0 Å². The largest absolute Gasteiger partial charge is 0.495 e. The normalized spacial score (nSPS) is 11.4. The number of rotatable bonds is 4. The molecule has 0 amide bonds. The molecule has 2 aromatic heterocycles. The smallest absolute Gasteiger partial charge is 0.227 e. The minimum absolute atomic E-state index is 0.414. The fraction of sp³-hybridized carbons (Fsp3) is 0.211. The number of hydrogen-bond acceptors (Lipinski definition) is 5. The summed E-state index contributed by atoms with van der Waals surface area (Å²) in [5.74, 6) is 1.68. The zero-order chi connectivity index (χ0) is 18.3. The summed E-state index contributed by atoms with van der Waals surface area (Å²) in [5.41, 5.74) is 4.46. The molecule has 7 heteroatoms. The van der Waals surface area contributed by atoms with Crippen molar-refractivity contribution in [1.82, 2.24) is 19.7 Å². The molecule has 4 aromatic rings. The van der Waals surface area contributed by atoms with Crippen molar-refractivity contribution in [3.05, 3.63) is 53.0 Å². The Morgan fingerprint density at radius 2 is 1.88 bits per heavy atom. The lowest BCUT2D eigenvalue weighted by Crippen LogP contribution is -1.96. The number of nitrogens with zero attached hydrogens (tertiary/aromatic N) is 4. The number of methoxy groups -OCH3 is 1. The lowest BCUT2D eigenvalue weighted by molar-refractivity contribution is 0.413. The summed E-state index contributed by atoms with van der Waals surface area (Å²) < 4.78 is 14.2. The first-order valence-corrected chi connectivity index (χ1v) is 8.99. The van der Waals surface area contributed by atoms with Crippen molar-refractivity contribution >= 4 is 27.0 Å². The molecular formula is C19H17BrN4O2. The molecule has 6 nitrogen and oxygen atoms in total. The zero-order valence-electron chi connectivity index (χ0n) is 14.6. The Labute approximate surface area is 159 Å². The molecule has 26 heavy (non-hydrogen) atoms. The van der Waals surface area contributed by atoms with Gasteiger partial charge in [0.1, 0.15) is 23.9 Å². The molecule has 0 bridgehead atoms. The lowest BCUT2D eigenvalue weighted by atomic mass is 10.0. The van der Waals surface area contributed by atoms with E-state index in [1.54, 1.807) is 24.3 Å². The molecule has 0 aliphatic carbocycles. The van der Waals surface area contributed by atoms with Gasteiger partial charge in [-0.2, -0.15) is 0 Å². The van der Waals surface area contributed by atoms with Crippen LogP contribution in [0.3, 0.4) is 0 Å². The third-order valence-corrected chi connectivity index (χ3v) is 4.85. The second-order valence-electron chi connectivity index (χ2n) is 6.28. The summed E-state index contributed by atoms with van der Waals surface area (Å²) in [5, 5.41) is 7.72. The van der Waals surface area contributed by atoms with Crippen molar-refractivity contribution in [2.24, 2.45) is 0 Å². The highest BCUT2D eigenvalue weighted by Gasteiger charge is 2.15. The molecule has 0 saturated heterocycles. The van der Waals surface area contributed by atoms with E-state index in [0.29, 0.717) is 17.6 Å². The Balaban J connectivity index is 1.85. The van der Waals surface area contributed by atoms with E-state index in [2.05, 4.69) is 57.1 Å². The predicted molar refractivity (Wildman–Crippen MR) is 103 cm³/mol. The summed E-state index contributed by atoms with van der Waals surface area (Å²) in [6.45, 7) is 4.31. The van der Waals surface area contributed by atoms with E-state index in [4.69, 9.17) is 9.15 Å². The van der Waals surface area contributed by atoms with Crippen molar-refractivity contribution < 1.29 is 9.15 Å². The van der Waals surface area contributed by atoms with Crippen LogP contribution in [-0.2, 0) is 0 Å². The van der Waals surface area contributed by atoms with Crippen LogP contribution in [0.4, 0.5) is 0 Å². The van der Waals surface area contributed by atoms with Gasteiger partial charge >= 0.3 is 0 Å². The first kappa shape index (κ1) is 16.8. The van der Waals surface area contributed by atoms with Gasteiger partial charge in [0.05, 0.1) is 17.3 Å². The fourth-order valence-corrected chi connectivity index (χ4v) is 3.37. The van der Waals surface area contributed by atoms with Crippen LogP contribution in [0.1, 0.15) is 25.3 Å². The monoisotopic (exact) mass is 412 g/mol. The Morgan fingerprint density at radius 3 is 2.58 bits per heavy atom. The van der Waals surface area contributed by atoms with E-state index >= 15 is 0 Å². The standard InChI is InChI=1S/C19H17BrN4O2/c1-11(2)13-6-14(20)18-15(7-13)23-19(26-18)12-4-5-17(25-3)16(8-12)24-9-21-22-10-24/h4-11H,1-3H3. The van der Waals surface area contributed by atoms with E-state index in [0.717, 1.165) is 26.8 Å². The molecule has 0 aliphatic heterocycles. The second kappa shape index (κ2) is 6.57. The molecule has 0 aliphatic rings. The van der Waals surface area contributed by atoms with Crippen LogP contribution in [0, 0.1) is 0 Å². The van der Waals surface area contributed by atoms with Crippen molar-refractivity contribution in [1.29, 1.82) is 0 Å². The van der Waals surface area contributed by atoms with Gasteiger partial charge < -0.3 is 9.15 Å². The van der Waals surface area contributed by atoms with Crippen LogP contribution >= 0.6 is 15.9 Å². The summed E-state index contributed by atoms with van der Waals surface area (Å²) in [6, 6.07) is 9.91. The fourth-order valence-electron chi connectivity index (χ4n) is 2.82. The van der Waals surface area contributed by atoms with Crippen LogP contribution in [0.15, 0.2) is 51.9 Å². The van der Waals surface area contributed by atoms with Gasteiger partial charge in [0, 0.05) is 5.56 Å². The second-order valence-corrected chi connectivity index (χ2v) is 7.13. The highest BCUT2D eigenvalue weighted by molar-refractivity contribution is 9.10. The number of halogens is 1. The number of oxazole rings is 1. The molecule has 0 unspecified atom stereocenters. The number of fused-ring (bicyclic) bond motifs is 1. The molecule has 0 saturated carbocycles. The van der Waals surface area contributed by atoms with Crippen molar-refractivity contribution in [2.75, 3.05) is 7.11 Å². The summed E-state index contributed by atoms with van der Waals surface area (Å²) in [4.78, 5) is 4.69. The Hall–Kier alpha value is -2.67.